The third kappa shape index (κ3) is 4.69. The molecular formula is C24H31N5O3. The van der Waals surface area contributed by atoms with Gasteiger partial charge in [-0.1, -0.05) is 30.3 Å². The van der Waals surface area contributed by atoms with Gasteiger partial charge in [-0.2, -0.15) is 5.10 Å². The van der Waals surface area contributed by atoms with Crippen LogP contribution in [-0.4, -0.2) is 56.9 Å². The van der Waals surface area contributed by atoms with Crippen LogP contribution >= 0.6 is 0 Å². The Morgan fingerprint density at radius 3 is 2.47 bits per heavy atom. The van der Waals surface area contributed by atoms with Crippen LogP contribution in [0.4, 0.5) is 0 Å². The summed E-state index contributed by atoms with van der Waals surface area (Å²) in [5.74, 6) is -0.247. The molecule has 2 aliphatic heterocycles. The number of hydrogen-bond donors (Lipinski definition) is 1. The first kappa shape index (κ1) is 22.0. The van der Waals surface area contributed by atoms with Crippen molar-refractivity contribution >= 4 is 17.7 Å². The van der Waals surface area contributed by atoms with Crippen LogP contribution in [0.2, 0.25) is 0 Å². The molecule has 1 saturated heterocycles. The maximum atomic E-state index is 12.9. The average Bonchev–Trinajstić information content (AvgIpc) is 3.46. The van der Waals surface area contributed by atoms with E-state index in [0.717, 1.165) is 42.8 Å². The molecule has 2 aliphatic rings. The van der Waals surface area contributed by atoms with Gasteiger partial charge in [0.2, 0.25) is 11.8 Å². The molecular weight excluding hydrogens is 406 g/mol. The summed E-state index contributed by atoms with van der Waals surface area (Å²) in [6.45, 7) is 4.42. The minimum Gasteiger partial charge on any atom is -0.350 e. The summed E-state index contributed by atoms with van der Waals surface area (Å²) in [5.41, 5.74) is 3.37. The zero-order valence-corrected chi connectivity index (χ0v) is 18.8. The molecule has 0 saturated carbocycles. The van der Waals surface area contributed by atoms with Gasteiger partial charge < -0.3 is 15.1 Å². The number of hydrogen-bond acceptors (Lipinski definition) is 4. The van der Waals surface area contributed by atoms with Crippen molar-refractivity contribution in [2.45, 2.75) is 51.6 Å². The van der Waals surface area contributed by atoms with Crippen LogP contribution < -0.4 is 5.32 Å². The molecule has 4 rings (SSSR count). The van der Waals surface area contributed by atoms with E-state index in [9.17, 15) is 14.4 Å². The zero-order chi connectivity index (χ0) is 22.7. The van der Waals surface area contributed by atoms with Crippen molar-refractivity contribution in [3.63, 3.8) is 0 Å². The number of fused-ring (bicyclic) bond motifs is 1. The molecule has 1 fully saturated rings. The van der Waals surface area contributed by atoms with E-state index < -0.39 is 0 Å². The van der Waals surface area contributed by atoms with E-state index in [1.165, 1.54) is 0 Å². The first-order valence-corrected chi connectivity index (χ1v) is 11.4. The van der Waals surface area contributed by atoms with Crippen molar-refractivity contribution in [2.24, 2.45) is 7.05 Å². The smallest absolute Gasteiger partial charge is 0.274 e. The molecule has 8 nitrogen and oxygen atoms in total. The molecule has 3 heterocycles. The number of benzene rings is 1. The first-order valence-electron chi connectivity index (χ1n) is 11.4. The quantitative estimate of drug-likeness (QED) is 0.751. The van der Waals surface area contributed by atoms with Crippen LogP contribution in [0.3, 0.4) is 0 Å². The second-order valence-corrected chi connectivity index (χ2v) is 8.66. The molecule has 1 N–H and O–H groups in total. The maximum absolute atomic E-state index is 12.9. The highest BCUT2D eigenvalue weighted by Gasteiger charge is 2.32. The molecule has 2 aromatic rings. The molecule has 0 unspecified atom stereocenters. The van der Waals surface area contributed by atoms with E-state index in [4.69, 9.17) is 0 Å². The second-order valence-electron chi connectivity index (χ2n) is 8.66. The highest BCUT2D eigenvalue weighted by atomic mass is 16.2. The van der Waals surface area contributed by atoms with Crippen LogP contribution in [-0.2, 0) is 29.6 Å². The Bertz CT molecular complexity index is 995. The minimum atomic E-state index is -0.140. The number of aromatic nitrogens is 2. The van der Waals surface area contributed by atoms with E-state index in [2.05, 4.69) is 10.4 Å². The fraction of sp³-hybridized carbons (Fsp3) is 0.500. The standard InChI is InChI=1S/C24H31N5O3/c1-17(18-8-4-3-5-9-18)25-21(30)10-11-22(31)29-15-12-20-19(16-29)23(26-27(20)2)24(32)28-13-6-7-14-28/h3-5,8-9,17H,6-7,10-16H2,1-2H3,(H,25,30)/t17-/m1/s1. The van der Waals surface area contributed by atoms with Crippen LogP contribution in [0, 0.1) is 0 Å². The van der Waals surface area contributed by atoms with E-state index >= 15 is 0 Å². The molecule has 1 aromatic carbocycles. The Labute approximate surface area is 188 Å². The highest BCUT2D eigenvalue weighted by molar-refractivity contribution is 5.94. The predicted octanol–water partition coefficient (Wildman–Crippen LogP) is 2.20. The van der Waals surface area contributed by atoms with Gasteiger partial charge >= 0.3 is 0 Å². The van der Waals surface area contributed by atoms with Crippen LogP contribution in [0.25, 0.3) is 0 Å². The lowest BCUT2D eigenvalue weighted by molar-refractivity contribution is -0.134. The zero-order valence-electron chi connectivity index (χ0n) is 18.8. The summed E-state index contributed by atoms with van der Waals surface area (Å²) in [7, 11) is 1.86. The molecule has 0 spiro atoms. The number of rotatable bonds is 6. The molecule has 32 heavy (non-hydrogen) atoms. The minimum absolute atomic E-state index is 0.0390. The molecule has 0 radical (unpaired) electrons. The van der Waals surface area contributed by atoms with Gasteiger partial charge in [0.1, 0.15) is 0 Å². The van der Waals surface area contributed by atoms with Gasteiger partial charge in [-0.25, -0.2) is 0 Å². The Morgan fingerprint density at radius 1 is 1.03 bits per heavy atom. The number of likely N-dealkylation sites (tertiary alicyclic amines) is 1. The number of nitrogens with one attached hydrogen (secondary N) is 1. The van der Waals surface area contributed by atoms with Crippen molar-refractivity contribution in [3.05, 3.63) is 52.8 Å². The summed E-state index contributed by atoms with van der Waals surface area (Å²) in [6, 6.07) is 9.64. The van der Waals surface area contributed by atoms with Gasteiger partial charge in [0, 0.05) is 63.7 Å². The first-order chi connectivity index (χ1) is 15.4. The number of carbonyl (C=O) groups is 3. The summed E-state index contributed by atoms with van der Waals surface area (Å²) in [4.78, 5) is 41.7. The third-order valence-corrected chi connectivity index (χ3v) is 6.43. The van der Waals surface area contributed by atoms with Crippen molar-refractivity contribution in [3.8, 4) is 0 Å². The summed E-state index contributed by atoms with van der Waals surface area (Å²) in [6.07, 6.45) is 3.01. The SMILES string of the molecule is C[C@@H](NC(=O)CCC(=O)N1CCc2c(c(C(=O)N3CCCC3)nn2C)C1)c1ccccc1. The Kier molecular flexibility index (Phi) is 6.58. The van der Waals surface area contributed by atoms with Crippen LogP contribution in [0.15, 0.2) is 30.3 Å². The fourth-order valence-electron chi connectivity index (χ4n) is 4.56. The lowest BCUT2D eigenvalue weighted by atomic mass is 10.0. The van der Waals surface area contributed by atoms with Gasteiger partial charge in [0.05, 0.1) is 6.04 Å². The van der Waals surface area contributed by atoms with Gasteiger partial charge in [-0.3, -0.25) is 19.1 Å². The lowest BCUT2D eigenvalue weighted by Crippen LogP contribution is -2.38. The number of aryl methyl sites for hydroxylation is 1. The van der Waals surface area contributed by atoms with Crippen molar-refractivity contribution in [2.75, 3.05) is 19.6 Å². The van der Waals surface area contributed by atoms with E-state index in [1.54, 1.807) is 9.58 Å². The Morgan fingerprint density at radius 2 is 1.75 bits per heavy atom. The molecule has 170 valence electrons. The number of nitrogens with zero attached hydrogens (tertiary/aromatic N) is 4. The Balaban J connectivity index is 1.34. The highest BCUT2D eigenvalue weighted by Crippen LogP contribution is 2.25. The van der Waals surface area contributed by atoms with Crippen LogP contribution in [0.1, 0.15) is 66.0 Å². The monoisotopic (exact) mass is 437 g/mol. The fourth-order valence-corrected chi connectivity index (χ4v) is 4.56. The van der Waals surface area contributed by atoms with Gasteiger partial charge in [0.25, 0.3) is 5.91 Å². The van der Waals surface area contributed by atoms with Crippen molar-refractivity contribution in [1.29, 1.82) is 0 Å². The molecule has 1 atom stereocenters. The molecule has 0 aliphatic carbocycles. The summed E-state index contributed by atoms with van der Waals surface area (Å²) >= 11 is 0. The number of amides is 3. The van der Waals surface area contributed by atoms with Crippen LogP contribution in [0.5, 0.6) is 0 Å². The van der Waals surface area contributed by atoms with Crippen molar-refractivity contribution < 1.29 is 14.4 Å². The normalized spacial score (nSPS) is 16.6. The second kappa shape index (κ2) is 9.54. The summed E-state index contributed by atoms with van der Waals surface area (Å²) in [5, 5.41) is 7.45. The van der Waals surface area contributed by atoms with E-state index in [0.29, 0.717) is 25.2 Å². The van der Waals surface area contributed by atoms with Gasteiger partial charge in [-0.05, 0) is 25.3 Å². The Hall–Kier alpha value is -3.16. The molecule has 3 amide bonds. The van der Waals surface area contributed by atoms with Crippen molar-refractivity contribution in [1.82, 2.24) is 24.9 Å². The molecule has 0 bridgehead atoms. The van der Waals surface area contributed by atoms with E-state index in [1.807, 2.05) is 49.2 Å². The summed E-state index contributed by atoms with van der Waals surface area (Å²) < 4.78 is 1.78. The average molecular weight is 438 g/mol. The van der Waals surface area contributed by atoms with Gasteiger partial charge in [-0.15, -0.1) is 0 Å². The lowest BCUT2D eigenvalue weighted by Gasteiger charge is -2.28. The maximum Gasteiger partial charge on any atom is 0.274 e. The molecule has 1 aromatic heterocycles. The largest absolute Gasteiger partial charge is 0.350 e. The topological polar surface area (TPSA) is 87.5 Å². The molecule has 8 heteroatoms. The van der Waals surface area contributed by atoms with E-state index in [-0.39, 0.29) is 36.6 Å². The number of carbonyl (C=O) groups excluding carboxylic acids is 3. The predicted molar refractivity (Wildman–Crippen MR) is 120 cm³/mol. The van der Waals surface area contributed by atoms with Gasteiger partial charge in [0.15, 0.2) is 5.69 Å². The third-order valence-electron chi connectivity index (χ3n) is 6.43.